The van der Waals surface area contributed by atoms with Crippen LogP contribution in [0, 0.1) is 22.3 Å². The van der Waals surface area contributed by atoms with Crippen molar-refractivity contribution in [1.29, 1.82) is 0 Å². The van der Waals surface area contributed by atoms with Crippen LogP contribution in [-0.2, 0) is 72.5 Å². The fourth-order valence-electron chi connectivity index (χ4n) is 7.44. The molecule has 0 spiro atoms. The number of H-pyrrole nitrogens is 2. The Morgan fingerprint density at radius 2 is 0.547 bits per heavy atom. The minimum atomic E-state index is 0. The van der Waals surface area contributed by atoms with Crippen LogP contribution in [0.2, 0.25) is 0 Å². The molecule has 12 aromatic rings. The molecule has 4 aromatic heterocycles. The molecule has 0 atom stereocenters. The summed E-state index contributed by atoms with van der Waals surface area (Å²) in [5.74, 6) is 0. The molecule has 0 saturated carbocycles. The minimum absolute atomic E-state index is 0. The number of para-hydroxylation sites is 8. The van der Waals surface area contributed by atoms with E-state index in [9.17, 15) is 0 Å². The molecule has 0 saturated heterocycles. The summed E-state index contributed by atoms with van der Waals surface area (Å²) >= 11 is 0. The predicted octanol–water partition coefficient (Wildman–Crippen LogP) is 17.1. The summed E-state index contributed by atoms with van der Waals surface area (Å²) in [6, 6.07) is 67.0. The van der Waals surface area contributed by atoms with E-state index >= 15 is 0 Å². The number of hydrogen-bond acceptors (Lipinski definition) is 0. The largest absolute Gasteiger partial charge is 0.657 e. The summed E-state index contributed by atoms with van der Waals surface area (Å²) in [4.78, 5) is 11.3. The fourth-order valence-corrected chi connectivity index (χ4v) is 7.44. The third-order valence-electron chi connectivity index (χ3n) is 9.99. The van der Waals surface area contributed by atoms with Crippen LogP contribution in [0.1, 0.15) is 40.5 Å². The van der Waals surface area contributed by atoms with Gasteiger partial charge in [-0.05, 0) is 47.2 Å². The normalized spacial score (nSPS) is 9.77. The van der Waals surface area contributed by atoms with Crippen molar-refractivity contribution in [3.05, 3.63) is 216 Å². The maximum absolute atomic E-state index is 4.52. The van der Waals surface area contributed by atoms with Gasteiger partial charge in [-0.2, -0.15) is 0 Å². The van der Waals surface area contributed by atoms with Crippen LogP contribution in [0.25, 0.3) is 87.2 Å². The Bertz CT molecular complexity index is 2750. The van der Waals surface area contributed by atoms with Gasteiger partial charge in [-0.3, -0.25) is 0 Å². The van der Waals surface area contributed by atoms with Gasteiger partial charge in [0.15, 0.2) is 0 Å². The average Bonchev–Trinajstić information content (AvgIpc) is 4.05. The molecular formula is C58H62N4Y2-4. The summed E-state index contributed by atoms with van der Waals surface area (Å²) in [5, 5.41) is 10.4. The Kier molecular flexibility index (Phi) is 23.7. The van der Waals surface area contributed by atoms with Crippen molar-refractivity contribution in [1.82, 2.24) is 19.5 Å². The third-order valence-corrected chi connectivity index (χ3v) is 9.99. The van der Waals surface area contributed by atoms with E-state index in [2.05, 4.69) is 236 Å². The topological polar surface area (TPSA) is 50.6 Å². The van der Waals surface area contributed by atoms with Gasteiger partial charge >= 0.3 is 0 Å². The van der Waals surface area contributed by atoms with Gasteiger partial charge in [-0.1, -0.05) is 198 Å². The van der Waals surface area contributed by atoms with Crippen molar-refractivity contribution in [3.63, 3.8) is 0 Å². The summed E-state index contributed by atoms with van der Waals surface area (Å²) in [5.41, 5.74) is 9.62. The number of aromatic nitrogens is 4. The molecule has 0 aliphatic rings. The Hall–Kier alpha value is -4.83. The number of fused-ring (bicyclic) bond motifs is 12. The van der Waals surface area contributed by atoms with E-state index in [0.29, 0.717) is 0 Å². The van der Waals surface area contributed by atoms with Gasteiger partial charge in [0.2, 0.25) is 0 Å². The van der Waals surface area contributed by atoms with Crippen molar-refractivity contribution in [2.24, 2.45) is 7.05 Å². The van der Waals surface area contributed by atoms with E-state index in [-0.39, 0.29) is 87.7 Å². The smallest absolute Gasteiger partial charge is 0.0488 e. The Morgan fingerprint density at radius 1 is 0.328 bits per heavy atom. The van der Waals surface area contributed by atoms with E-state index in [0.717, 1.165) is 11.0 Å². The molecule has 4 heterocycles. The van der Waals surface area contributed by atoms with E-state index in [1.807, 2.05) is 12.1 Å². The Morgan fingerprint density at radius 3 is 0.844 bits per heavy atom. The maximum Gasteiger partial charge on any atom is 0.0488 e. The molecule has 0 aliphatic carbocycles. The maximum atomic E-state index is 4.52. The number of rotatable bonds is 0. The summed E-state index contributed by atoms with van der Waals surface area (Å²) in [6.45, 7) is 8.50. The number of benzene rings is 8. The first-order valence-electron chi connectivity index (χ1n) is 20.8. The van der Waals surface area contributed by atoms with Crippen LogP contribution >= 0.6 is 0 Å². The van der Waals surface area contributed by atoms with Gasteiger partial charge in [0.05, 0.1) is 0 Å². The van der Waals surface area contributed by atoms with E-state index in [1.165, 1.54) is 89.0 Å². The molecule has 64 heavy (non-hydrogen) atoms. The van der Waals surface area contributed by atoms with Gasteiger partial charge in [0.1, 0.15) is 0 Å². The van der Waals surface area contributed by atoms with Crippen LogP contribution in [0.15, 0.2) is 194 Å². The van der Waals surface area contributed by atoms with Crippen molar-refractivity contribution in [3.8, 4) is 0 Å². The molecule has 0 fully saturated rings. The quantitative estimate of drug-likeness (QED) is 0.146. The van der Waals surface area contributed by atoms with E-state index in [4.69, 9.17) is 0 Å². The summed E-state index contributed by atoms with van der Waals surface area (Å²) in [6.07, 6.45) is 2.50. The zero-order valence-corrected chi connectivity index (χ0v) is 44.6. The number of nitrogens with one attached hydrogen (secondary N) is 2. The van der Waals surface area contributed by atoms with Gasteiger partial charge in [-0.15, -0.1) is 11.0 Å². The number of aryl methyl sites for hydroxylation is 1. The van der Waals surface area contributed by atoms with Gasteiger partial charge < -0.3 is 41.8 Å². The fraction of sp³-hybridized carbons (Fsp3) is 0.121. The first kappa shape index (κ1) is 55.3. The molecule has 6 heteroatoms. The molecule has 2 radical (unpaired) electrons. The average molecular weight is 993 g/mol. The second-order valence-electron chi connectivity index (χ2n) is 14.6. The van der Waals surface area contributed by atoms with Crippen molar-refractivity contribution in [2.45, 2.75) is 40.5 Å². The first-order valence-corrected chi connectivity index (χ1v) is 20.8. The molecule has 8 aromatic carbocycles. The predicted molar refractivity (Wildman–Crippen MR) is 278 cm³/mol. The third kappa shape index (κ3) is 12.7. The SMILES string of the molecule is CCC.CCC.Cn1c2ccccc2c2ccccc21.[CH3-].[CH3-].[CH3-].[Y].[Y].c1ccc2c(c1)[n-]c1ccccc12.c1ccc2c(c1)[nH]c1ccccc12.c1ccc2c(c1)[nH]c1ccccc12. The van der Waals surface area contributed by atoms with Crippen LogP contribution in [0.3, 0.4) is 0 Å². The van der Waals surface area contributed by atoms with E-state index in [1.54, 1.807) is 0 Å². The first-order chi connectivity index (χ1) is 29.1. The second-order valence-corrected chi connectivity index (χ2v) is 14.6. The van der Waals surface area contributed by atoms with Gasteiger partial charge in [0.25, 0.3) is 0 Å². The zero-order valence-electron chi connectivity index (χ0n) is 38.9. The zero-order chi connectivity index (χ0) is 41.0. The van der Waals surface area contributed by atoms with E-state index < -0.39 is 0 Å². The molecule has 0 bridgehead atoms. The molecule has 0 unspecified atom stereocenters. The van der Waals surface area contributed by atoms with Gasteiger partial charge in [-0.25, -0.2) is 0 Å². The van der Waals surface area contributed by atoms with Crippen molar-refractivity contribution in [2.75, 3.05) is 0 Å². The summed E-state index contributed by atoms with van der Waals surface area (Å²) < 4.78 is 2.24. The standard InChI is InChI=1S/C13H11N.2C12H9N.C12H8N.2C3H8.3CH3.2Y/c1-14-12-8-4-2-6-10(12)11-7-3-5-9-13(11)14;3*1-3-7-11-9(5-1)10-6-2-4-8-12(10)13-11;2*1-3-2;;;;;/h2-9H,1H3;2*1-8,13H;1-8H;2*3H2,1-2H3;3*1H3;;/q;;;-1;;;3*-1;;. The van der Waals surface area contributed by atoms with Crippen LogP contribution in [-0.4, -0.2) is 14.5 Å². The van der Waals surface area contributed by atoms with Gasteiger partial charge in [0, 0.05) is 138 Å². The molecule has 324 valence electrons. The molecule has 0 aliphatic heterocycles. The van der Waals surface area contributed by atoms with Crippen LogP contribution in [0.4, 0.5) is 0 Å². The van der Waals surface area contributed by atoms with Crippen molar-refractivity contribution >= 4 is 87.2 Å². The number of aromatic amines is 2. The Balaban J connectivity index is 0.000000275. The molecule has 12 rings (SSSR count). The number of hydrogen-bond donors (Lipinski definition) is 2. The van der Waals surface area contributed by atoms with Crippen LogP contribution < -0.4 is 4.98 Å². The molecule has 0 amide bonds. The monoisotopic (exact) mass is 992 g/mol. The molecule has 2 N–H and O–H groups in total. The Labute approximate surface area is 432 Å². The summed E-state index contributed by atoms with van der Waals surface area (Å²) in [7, 11) is 2.12. The minimum Gasteiger partial charge on any atom is -0.657 e. The van der Waals surface area contributed by atoms with Crippen LogP contribution in [0.5, 0.6) is 0 Å². The molecular weight excluding hydrogens is 930 g/mol. The second kappa shape index (κ2) is 27.5. The molecule has 4 nitrogen and oxygen atoms in total. The van der Waals surface area contributed by atoms with Crippen molar-refractivity contribution < 1.29 is 65.4 Å². The number of nitrogens with zero attached hydrogens (tertiary/aromatic N) is 2.